The number of aromatic nitrogens is 3. The molecule has 6 nitrogen and oxygen atoms in total. The number of hydrogen-bond donors (Lipinski definition) is 0. The van der Waals surface area contributed by atoms with E-state index in [0.717, 1.165) is 22.4 Å². The molecule has 0 saturated heterocycles. The van der Waals surface area contributed by atoms with Gasteiger partial charge in [-0.2, -0.15) is 0 Å². The van der Waals surface area contributed by atoms with Crippen LogP contribution in [0.4, 0.5) is 10.1 Å². The van der Waals surface area contributed by atoms with Crippen molar-refractivity contribution < 1.29 is 9.13 Å². The predicted molar refractivity (Wildman–Crippen MR) is 114 cm³/mol. The molecule has 0 aliphatic heterocycles. The van der Waals surface area contributed by atoms with Crippen molar-refractivity contribution in [2.75, 3.05) is 16.8 Å². The molecule has 0 aromatic carbocycles. The number of fused-ring (bicyclic) bond motifs is 3. The Morgan fingerprint density at radius 1 is 1.48 bits per heavy atom. The molecule has 0 saturated carbocycles. The van der Waals surface area contributed by atoms with Gasteiger partial charge in [-0.3, -0.25) is 9.36 Å². The lowest BCUT2D eigenvalue weighted by atomic mass is 10.1. The summed E-state index contributed by atoms with van der Waals surface area (Å²) >= 11 is 3.56. The molecule has 0 fully saturated rings. The summed E-state index contributed by atoms with van der Waals surface area (Å²) in [4.78, 5) is 22.8. The van der Waals surface area contributed by atoms with Crippen LogP contribution in [0, 0.1) is 0 Å². The van der Waals surface area contributed by atoms with Crippen molar-refractivity contribution in [1.29, 1.82) is 0 Å². The molecule has 3 aromatic heterocycles. The SMILES string of the molecule is CCN(I)c1ccnc2sc3c(=O)n(C4C=CC(OC)=C(F)C4)cnc3c12. The zero-order valence-corrected chi connectivity index (χ0v) is 17.6. The van der Waals surface area contributed by atoms with Crippen molar-refractivity contribution >= 4 is 60.3 Å². The highest BCUT2D eigenvalue weighted by Gasteiger charge is 2.23. The van der Waals surface area contributed by atoms with E-state index in [0.29, 0.717) is 10.2 Å². The van der Waals surface area contributed by atoms with Crippen molar-refractivity contribution in [2.45, 2.75) is 19.4 Å². The molecular weight excluding hydrogens is 482 g/mol. The van der Waals surface area contributed by atoms with Gasteiger partial charge in [0.1, 0.15) is 21.1 Å². The van der Waals surface area contributed by atoms with E-state index in [1.54, 1.807) is 18.3 Å². The third kappa shape index (κ3) is 3.02. The largest absolute Gasteiger partial charge is 0.494 e. The zero-order chi connectivity index (χ0) is 19.1. The quantitative estimate of drug-likeness (QED) is 0.392. The summed E-state index contributed by atoms with van der Waals surface area (Å²) in [6.45, 7) is 2.87. The van der Waals surface area contributed by atoms with E-state index < -0.39 is 6.04 Å². The molecule has 1 unspecified atom stereocenters. The maximum Gasteiger partial charge on any atom is 0.271 e. The first kappa shape index (κ1) is 18.4. The van der Waals surface area contributed by atoms with E-state index in [9.17, 15) is 9.18 Å². The number of methoxy groups -OCH3 is 1. The molecule has 3 aromatic rings. The molecule has 4 rings (SSSR count). The highest BCUT2D eigenvalue weighted by Crippen LogP contribution is 2.37. The third-order valence-electron chi connectivity index (χ3n) is 4.53. The molecule has 140 valence electrons. The van der Waals surface area contributed by atoms with Crippen molar-refractivity contribution in [3.8, 4) is 0 Å². The Labute approximate surface area is 172 Å². The second kappa shape index (κ2) is 7.19. The van der Waals surface area contributed by atoms with Crippen molar-refractivity contribution in [2.24, 2.45) is 0 Å². The number of rotatable bonds is 4. The van der Waals surface area contributed by atoms with Gasteiger partial charge < -0.3 is 7.85 Å². The first-order valence-electron chi connectivity index (χ1n) is 8.37. The van der Waals surface area contributed by atoms with Gasteiger partial charge in [0.05, 0.1) is 58.9 Å². The molecule has 27 heavy (non-hydrogen) atoms. The highest BCUT2D eigenvalue weighted by molar-refractivity contribution is 14.1. The minimum Gasteiger partial charge on any atom is -0.494 e. The highest BCUT2D eigenvalue weighted by atomic mass is 127. The van der Waals surface area contributed by atoms with Crippen molar-refractivity contribution in [3.63, 3.8) is 0 Å². The van der Waals surface area contributed by atoms with Gasteiger partial charge in [-0.25, -0.2) is 14.4 Å². The Balaban J connectivity index is 1.87. The van der Waals surface area contributed by atoms with E-state index in [2.05, 4.69) is 42.9 Å². The molecule has 9 heteroatoms. The number of allylic oxidation sites excluding steroid dienone is 3. The van der Waals surface area contributed by atoms with Crippen molar-refractivity contribution in [1.82, 2.24) is 14.5 Å². The Morgan fingerprint density at radius 2 is 2.30 bits per heavy atom. The van der Waals surface area contributed by atoms with E-state index in [-0.39, 0.29) is 23.6 Å². The number of anilines is 1. The molecular formula is C18H16FIN4O2S. The van der Waals surface area contributed by atoms with Gasteiger partial charge >= 0.3 is 0 Å². The Morgan fingerprint density at radius 3 is 3.00 bits per heavy atom. The van der Waals surface area contributed by atoms with Crippen LogP contribution in [-0.2, 0) is 4.74 Å². The third-order valence-corrected chi connectivity index (χ3v) is 6.80. The number of thiophene rings is 1. The topological polar surface area (TPSA) is 60.2 Å². The van der Waals surface area contributed by atoms with Gasteiger partial charge in [0.25, 0.3) is 5.56 Å². The maximum atomic E-state index is 14.1. The Kier molecular flexibility index (Phi) is 4.89. The van der Waals surface area contributed by atoms with Crippen LogP contribution in [-0.4, -0.2) is 28.2 Å². The zero-order valence-electron chi connectivity index (χ0n) is 14.6. The van der Waals surface area contributed by atoms with Crippen LogP contribution in [0.25, 0.3) is 20.4 Å². The standard InChI is InChI=1S/C18H16FIN4O2S/c1-3-24(20)12-6-7-21-17-14(12)15-16(27-17)18(25)23(9-22-15)10-4-5-13(26-2)11(19)8-10/h4-7,9-10H,3,8H2,1-2H3. The summed E-state index contributed by atoms with van der Waals surface area (Å²) in [5.41, 5.74) is 1.44. The molecule has 3 heterocycles. The van der Waals surface area contributed by atoms with E-state index in [1.807, 2.05) is 6.07 Å². The molecule has 0 spiro atoms. The van der Waals surface area contributed by atoms with Crippen LogP contribution in [0.2, 0.25) is 0 Å². The molecule has 1 aliphatic rings. The van der Waals surface area contributed by atoms with Crippen LogP contribution in [0.3, 0.4) is 0 Å². The average molecular weight is 498 g/mol. The summed E-state index contributed by atoms with van der Waals surface area (Å²) in [6, 6.07) is 1.50. The Bertz CT molecular complexity index is 1150. The smallest absolute Gasteiger partial charge is 0.271 e. The van der Waals surface area contributed by atoms with Gasteiger partial charge in [-0.15, -0.1) is 11.3 Å². The molecule has 0 bridgehead atoms. The van der Waals surface area contributed by atoms with Gasteiger partial charge in [-0.1, -0.05) is 6.08 Å². The Hall–Kier alpha value is -2.01. The predicted octanol–water partition coefficient (Wildman–Crippen LogP) is 4.51. The fraction of sp³-hybridized carbons (Fsp3) is 0.278. The molecule has 0 amide bonds. The lowest BCUT2D eigenvalue weighted by molar-refractivity contribution is 0.279. The van der Waals surface area contributed by atoms with Gasteiger partial charge in [-0.05, 0) is 19.1 Å². The molecule has 1 aliphatic carbocycles. The maximum absolute atomic E-state index is 14.1. The molecule has 0 radical (unpaired) electrons. The second-order valence-corrected chi connectivity index (χ2v) is 8.19. The second-order valence-electron chi connectivity index (χ2n) is 6.03. The summed E-state index contributed by atoms with van der Waals surface area (Å²) in [5.74, 6) is -0.175. The summed E-state index contributed by atoms with van der Waals surface area (Å²) in [7, 11) is 1.42. The number of pyridine rings is 1. The summed E-state index contributed by atoms with van der Waals surface area (Å²) < 4.78 is 23.2. The first-order valence-corrected chi connectivity index (χ1v) is 10.2. The van der Waals surface area contributed by atoms with Crippen LogP contribution >= 0.6 is 34.2 Å². The molecule has 1 atom stereocenters. The number of hydrogen-bond acceptors (Lipinski definition) is 6. The van der Waals surface area contributed by atoms with Crippen LogP contribution in [0.5, 0.6) is 0 Å². The summed E-state index contributed by atoms with van der Waals surface area (Å²) in [5, 5.41) is 0.880. The lowest BCUT2D eigenvalue weighted by Gasteiger charge is -2.19. The first-order chi connectivity index (χ1) is 13.0. The minimum atomic E-state index is -0.428. The van der Waals surface area contributed by atoms with Gasteiger partial charge in [0.2, 0.25) is 0 Å². The van der Waals surface area contributed by atoms with E-state index in [4.69, 9.17) is 4.74 Å². The summed E-state index contributed by atoms with van der Waals surface area (Å²) in [6.07, 6.45) is 6.62. The van der Waals surface area contributed by atoms with Crippen LogP contribution in [0.15, 0.2) is 47.1 Å². The van der Waals surface area contributed by atoms with Gasteiger partial charge in [0.15, 0.2) is 0 Å². The van der Waals surface area contributed by atoms with Gasteiger partial charge in [0, 0.05) is 19.2 Å². The monoisotopic (exact) mass is 498 g/mol. The number of ether oxygens (including phenoxy) is 1. The lowest BCUT2D eigenvalue weighted by Crippen LogP contribution is -2.25. The minimum absolute atomic E-state index is 0.0680. The average Bonchev–Trinajstić information content (AvgIpc) is 3.07. The van der Waals surface area contributed by atoms with E-state index >= 15 is 0 Å². The number of nitrogens with zero attached hydrogens (tertiary/aromatic N) is 4. The van der Waals surface area contributed by atoms with E-state index in [1.165, 1.54) is 29.3 Å². The fourth-order valence-corrected chi connectivity index (χ4v) is 4.63. The molecule has 0 N–H and O–H groups in total. The number of halogens is 2. The van der Waals surface area contributed by atoms with Crippen LogP contribution in [0.1, 0.15) is 19.4 Å². The normalized spacial score (nSPS) is 17.1. The van der Waals surface area contributed by atoms with Crippen LogP contribution < -0.4 is 8.67 Å². The van der Waals surface area contributed by atoms with Crippen molar-refractivity contribution in [3.05, 3.63) is 52.7 Å². The fourth-order valence-electron chi connectivity index (χ4n) is 3.17.